The van der Waals surface area contributed by atoms with Gasteiger partial charge in [-0.3, -0.25) is 0 Å². The zero-order valence-corrected chi connectivity index (χ0v) is 10.4. The normalized spacial score (nSPS) is 10.3. The predicted octanol–water partition coefficient (Wildman–Crippen LogP) is 3.47. The summed E-state index contributed by atoms with van der Waals surface area (Å²) in [6.07, 6.45) is 0. The molecule has 2 aromatic carbocycles. The van der Waals surface area contributed by atoms with Crippen LogP contribution in [0.2, 0.25) is 5.02 Å². The number of para-hydroxylation sites is 1. The van der Waals surface area contributed by atoms with Crippen molar-refractivity contribution in [2.24, 2.45) is 5.73 Å². The summed E-state index contributed by atoms with van der Waals surface area (Å²) in [4.78, 5) is 0. The highest BCUT2D eigenvalue weighted by Gasteiger charge is 2.09. The van der Waals surface area contributed by atoms with E-state index >= 15 is 0 Å². The third kappa shape index (κ3) is 2.43. The molecular weight excluding hydrogens is 234 g/mol. The maximum absolute atomic E-state index is 6.22. The fraction of sp³-hybridized carbons (Fsp3) is 0.143. The Morgan fingerprint density at radius 2 is 1.88 bits per heavy atom. The number of ether oxygens (including phenoxy) is 1. The summed E-state index contributed by atoms with van der Waals surface area (Å²) in [6.45, 7) is 0.499. The maximum Gasteiger partial charge on any atom is 0.126 e. The molecule has 0 fully saturated rings. The van der Waals surface area contributed by atoms with Crippen LogP contribution in [-0.2, 0) is 6.54 Å². The lowest BCUT2D eigenvalue weighted by atomic mass is 10.0. The molecule has 3 heteroatoms. The maximum atomic E-state index is 6.22. The Hall–Kier alpha value is -1.51. The van der Waals surface area contributed by atoms with Crippen LogP contribution >= 0.6 is 11.6 Å². The Kier molecular flexibility index (Phi) is 3.67. The monoisotopic (exact) mass is 247 g/mol. The van der Waals surface area contributed by atoms with Crippen LogP contribution in [0.15, 0.2) is 42.5 Å². The molecule has 0 unspecified atom stereocenters. The number of hydrogen-bond donors (Lipinski definition) is 1. The predicted molar refractivity (Wildman–Crippen MR) is 71.3 cm³/mol. The van der Waals surface area contributed by atoms with E-state index in [0.29, 0.717) is 11.6 Å². The van der Waals surface area contributed by atoms with Crippen molar-refractivity contribution in [1.29, 1.82) is 0 Å². The molecule has 2 N–H and O–H groups in total. The Labute approximate surface area is 106 Å². The standard InChI is InChI=1S/C14H14ClNO/c1-17-14-5-3-2-4-11(14)12-8-10(9-16)6-7-13(12)15/h2-8H,9,16H2,1H3. The minimum Gasteiger partial charge on any atom is -0.496 e. The molecule has 0 bridgehead atoms. The molecule has 0 aliphatic rings. The van der Waals surface area contributed by atoms with Crippen LogP contribution < -0.4 is 10.5 Å². The number of hydrogen-bond acceptors (Lipinski definition) is 2. The first kappa shape index (κ1) is 12.0. The van der Waals surface area contributed by atoms with E-state index in [-0.39, 0.29) is 0 Å². The zero-order chi connectivity index (χ0) is 12.3. The van der Waals surface area contributed by atoms with Crippen molar-refractivity contribution in [2.45, 2.75) is 6.54 Å². The molecule has 88 valence electrons. The van der Waals surface area contributed by atoms with Crippen LogP contribution in [0.4, 0.5) is 0 Å². The molecule has 0 aliphatic carbocycles. The van der Waals surface area contributed by atoms with Crippen molar-refractivity contribution >= 4 is 11.6 Å². The minimum atomic E-state index is 0.499. The molecule has 0 amide bonds. The topological polar surface area (TPSA) is 35.2 Å². The van der Waals surface area contributed by atoms with Gasteiger partial charge in [-0.1, -0.05) is 35.9 Å². The molecule has 0 heterocycles. The fourth-order valence-corrected chi connectivity index (χ4v) is 1.99. The van der Waals surface area contributed by atoms with E-state index in [1.807, 2.05) is 42.5 Å². The van der Waals surface area contributed by atoms with Crippen LogP contribution in [0.3, 0.4) is 0 Å². The van der Waals surface area contributed by atoms with Crippen molar-refractivity contribution in [3.8, 4) is 16.9 Å². The molecule has 0 spiro atoms. The minimum absolute atomic E-state index is 0.499. The number of benzene rings is 2. The number of halogens is 1. The molecule has 17 heavy (non-hydrogen) atoms. The Bertz CT molecular complexity index is 525. The van der Waals surface area contributed by atoms with Gasteiger partial charge in [0, 0.05) is 22.7 Å². The van der Waals surface area contributed by atoms with Crippen LogP contribution in [-0.4, -0.2) is 7.11 Å². The third-order valence-corrected chi connectivity index (χ3v) is 2.99. The van der Waals surface area contributed by atoms with Gasteiger partial charge in [0.25, 0.3) is 0 Å². The Morgan fingerprint density at radius 1 is 1.12 bits per heavy atom. The number of nitrogens with two attached hydrogens (primary N) is 1. The first-order valence-electron chi connectivity index (χ1n) is 5.38. The molecule has 0 atom stereocenters. The van der Waals surface area contributed by atoms with Gasteiger partial charge < -0.3 is 10.5 Å². The molecule has 0 saturated carbocycles. The highest BCUT2D eigenvalue weighted by Crippen LogP contribution is 2.35. The average Bonchev–Trinajstić information content (AvgIpc) is 2.39. The summed E-state index contributed by atoms with van der Waals surface area (Å²) in [6, 6.07) is 13.6. The van der Waals surface area contributed by atoms with Gasteiger partial charge in [0.1, 0.15) is 5.75 Å². The molecule has 0 radical (unpaired) electrons. The molecule has 2 nitrogen and oxygen atoms in total. The van der Waals surface area contributed by atoms with Gasteiger partial charge >= 0.3 is 0 Å². The Morgan fingerprint density at radius 3 is 2.59 bits per heavy atom. The van der Waals surface area contributed by atoms with E-state index in [1.54, 1.807) is 7.11 Å². The van der Waals surface area contributed by atoms with Crippen molar-refractivity contribution in [2.75, 3.05) is 7.11 Å². The second-order valence-corrected chi connectivity index (χ2v) is 4.13. The zero-order valence-electron chi connectivity index (χ0n) is 9.61. The lowest BCUT2D eigenvalue weighted by Crippen LogP contribution is -1.96. The lowest BCUT2D eigenvalue weighted by molar-refractivity contribution is 0.416. The lowest BCUT2D eigenvalue weighted by Gasteiger charge is -2.11. The van der Waals surface area contributed by atoms with Crippen molar-refractivity contribution in [3.63, 3.8) is 0 Å². The third-order valence-electron chi connectivity index (χ3n) is 2.66. The largest absolute Gasteiger partial charge is 0.496 e. The summed E-state index contributed by atoms with van der Waals surface area (Å²) < 4.78 is 5.34. The summed E-state index contributed by atoms with van der Waals surface area (Å²) >= 11 is 6.22. The SMILES string of the molecule is COc1ccccc1-c1cc(CN)ccc1Cl. The highest BCUT2D eigenvalue weighted by molar-refractivity contribution is 6.33. The van der Waals surface area contributed by atoms with E-state index < -0.39 is 0 Å². The molecule has 0 aliphatic heterocycles. The average molecular weight is 248 g/mol. The molecular formula is C14H14ClNO. The summed E-state index contributed by atoms with van der Waals surface area (Å²) in [5.41, 5.74) is 8.63. The van der Waals surface area contributed by atoms with Gasteiger partial charge in [0.05, 0.1) is 7.11 Å². The van der Waals surface area contributed by atoms with Crippen molar-refractivity contribution in [3.05, 3.63) is 53.1 Å². The van der Waals surface area contributed by atoms with Crippen molar-refractivity contribution < 1.29 is 4.74 Å². The van der Waals surface area contributed by atoms with E-state index in [1.165, 1.54) is 0 Å². The van der Waals surface area contributed by atoms with E-state index in [9.17, 15) is 0 Å². The van der Waals surface area contributed by atoms with E-state index in [2.05, 4.69) is 0 Å². The van der Waals surface area contributed by atoms with E-state index in [0.717, 1.165) is 22.4 Å². The van der Waals surface area contributed by atoms with E-state index in [4.69, 9.17) is 22.1 Å². The second kappa shape index (κ2) is 5.21. The highest BCUT2D eigenvalue weighted by atomic mass is 35.5. The molecule has 0 saturated heterocycles. The molecule has 2 rings (SSSR count). The molecule has 2 aromatic rings. The van der Waals surface area contributed by atoms with Crippen LogP contribution in [0.1, 0.15) is 5.56 Å². The van der Waals surface area contributed by atoms with Crippen LogP contribution in [0.5, 0.6) is 5.75 Å². The first-order chi connectivity index (χ1) is 8.26. The van der Waals surface area contributed by atoms with Gasteiger partial charge in [-0.15, -0.1) is 0 Å². The van der Waals surface area contributed by atoms with Crippen LogP contribution in [0, 0.1) is 0 Å². The number of methoxy groups -OCH3 is 1. The quantitative estimate of drug-likeness (QED) is 0.901. The van der Waals surface area contributed by atoms with Crippen LogP contribution in [0.25, 0.3) is 11.1 Å². The second-order valence-electron chi connectivity index (χ2n) is 3.72. The Balaban J connectivity index is 2.59. The summed E-state index contributed by atoms with van der Waals surface area (Å²) in [7, 11) is 1.65. The smallest absolute Gasteiger partial charge is 0.126 e. The fourth-order valence-electron chi connectivity index (χ4n) is 1.77. The van der Waals surface area contributed by atoms with Gasteiger partial charge in [-0.25, -0.2) is 0 Å². The number of rotatable bonds is 3. The molecule has 0 aromatic heterocycles. The van der Waals surface area contributed by atoms with Gasteiger partial charge in [-0.05, 0) is 23.8 Å². The van der Waals surface area contributed by atoms with Gasteiger partial charge in [0.15, 0.2) is 0 Å². The van der Waals surface area contributed by atoms with Crippen molar-refractivity contribution in [1.82, 2.24) is 0 Å². The van der Waals surface area contributed by atoms with Gasteiger partial charge in [-0.2, -0.15) is 0 Å². The van der Waals surface area contributed by atoms with Gasteiger partial charge in [0.2, 0.25) is 0 Å². The summed E-state index contributed by atoms with van der Waals surface area (Å²) in [5, 5.41) is 0.701. The summed E-state index contributed by atoms with van der Waals surface area (Å²) in [5.74, 6) is 0.809. The first-order valence-corrected chi connectivity index (χ1v) is 5.76.